The summed E-state index contributed by atoms with van der Waals surface area (Å²) >= 11 is 0. The van der Waals surface area contributed by atoms with Crippen LogP contribution in [0.25, 0.3) is 0 Å². The highest BCUT2D eigenvalue weighted by atomic mass is 16.1. The molecule has 0 spiro atoms. The van der Waals surface area contributed by atoms with Crippen LogP contribution >= 0.6 is 0 Å². The lowest BCUT2D eigenvalue weighted by atomic mass is 10.5. The van der Waals surface area contributed by atoms with Gasteiger partial charge in [0.15, 0.2) is 0 Å². The third-order valence-corrected chi connectivity index (χ3v) is 1.25. The molecule has 0 saturated heterocycles. The van der Waals surface area contributed by atoms with Crippen LogP contribution in [0, 0.1) is 0 Å². The first-order valence-electron chi connectivity index (χ1n) is 3.16. The van der Waals surface area contributed by atoms with Gasteiger partial charge in [-0.3, -0.25) is 9.36 Å². The molecule has 0 aliphatic heterocycles. The number of hydrogen-bond acceptors (Lipinski definition) is 3. The number of nitrogens with two attached hydrogens (primary N) is 1. The minimum absolute atomic E-state index is 0.161. The van der Waals surface area contributed by atoms with E-state index in [0.717, 1.165) is 0 Å². The van der Waals surface area contributed by atoms with Crippen LogP contribution in [0.3, 0.4) is 0 Å². The second-order valence-corrected chi connectivity index (χ2v) is 2.10. The molecule has 0 unspecified atom stereocenters. The van der Waals surface area contributed by atoms with Crippen molar-refractivity contribution in [2.75, 3.05) is 5.73 Å². The third-order valence-electron chi connectivity index (χ3n) is 1.25. The number of rotatable bonds is 2. The Balaban J connectivity index is 3.16. The Morgan fingerprint density at radius 1 is 1.82 bits per heavy atom. The fourth-order valence-electron chi connectivity index (χ4n) is 0.737. The van der Waals surface area contributed by atoms with Crippen molar-refractivity contribution < 1.29 is 0 Å². The number of anilines is 1. The molecule has 4 nitrogen and oxygen atoms in total. The SMILES string of the molecule is C=CCn1cncc(N)c1=O. The smallest absolute Gasteiger partial charge is 0.276 e. The Labute approximate surface area is 64.0 Å². The van der Waals surface area contributed by atoms with Crippen molar-refractivity contribution in [3.8, 4) is 0 Å². The van der Waals surface area contributed by atoms with Crippen LogP contribution in [0.5, 0.6) is 0 Å². The van der Waals surface area contributed by atoms with Gasteiger partial charge in [-0.1, -0.05) is 6.08 Å². The van der Waals surface area contributed by atoms with Gasteiger partial charge in [0.05, 0.1) is 12.5 Å². The molecule has 2 N–H and O–H groups in total. The van der Waals surface area contributed by atoms with Gasteiger partial charge in [0.1, 0.15) is 5.69 Å². The third kappa shape index (κ3) is 1.46. The molecular weight excluding hydrogens is 142 g/mol. The number of allylic oxidation sites excluding steroid dienone is 1. The van der Waals surface area contributed by atoms with Gasteiger partial charge in [-0.05, 0) is 0 Å². The van der Waals surface area contributed by atoms with Gasteiger partial charge in [-0.15, -0.1) is 6.58 Å². The molecule has 0 aliphatic carbocycles. The summed E-state index contributed by atoms with van der Waals surface area (Å²) in [6.07, 6.45) is 4.38. The van der Waals surface area contributed by atoms with Crippen LogP contribution in [0.4, 0.5) is 5.69 Å². The van der Waals surface area contributed by atoms with E-state index in [4.69, 9.17) is 5.73 Å². The molecule has 4 heteroatoms. The van der Waals surface area contributed by atoms with Crippen molar-refractivity contribution in [1.29, 1.82) is 0 Å². The van der Waals surface area contributed by atoms with Gasteiger partial charge in [-0.2, -0.15) is 0 Å². The molecule has 1 aromatic rings. The van der Waals surface area contributed by atoms with Gasteiger partial charge in [-0.25, -0.2) is 4.98 Å². The minimum atomic E-state index is -0.222. The average Bonchev–Trinajstić information content (AvgIpc) is 1.99. The maximum Gasteiger partial charge on any atom is 0.276 e. The average molecular weight is 151 g/mol. The lowest BCUT2D eigenvalue weighted by Gasteiger charge is -1.99. The number of aromatic nitrogens is 2. The Morgan fingerprint density at radius 2 is 2.55 bits per heavy atom. The van der Waals surface area contributed by atoms with E-state index < -0.39 is 0 Å². The van der Waals surface area contributed by atoms with E-state index in [1.165, 1.54) is 17.1 Å². The standard InChI is InChI=1S/C7H9N3O/c1-2-3-10-5-9-4-6(8)7(10)11/h2,4-5H,1,3,8H2. The highest BCUT2D eigenvalue weighted by molar-refractivity contribution is 5.30. The number of nitrogens with zero attached hydrogens (tertiary/aromatic N) is 2. The van der Waals surface area contributed by atoms with Crippen LogP contribution in [-0.2, 0) is 6.54 Å². The van der Waals surface area contributed by atoms with Crippen molar-refractivity contribution in [3.05, 3.63) is 35.5 Å². The molecular formula is C7H9N3O. The predicted octanol–water partition coefficient (Wildman–Crippen LogP) is 0.0115. The van der Waals surface area contributed by atoms with Crippen LogP contribution in [0.2, 0.25) is 0 Å². The topological polar surface area (TPSA) is 60.9 Å². The van der Waals surface area contributed by atoms with Crippen molar-refractivity contribution in [3.63, 3.8) is 0 Å². The maximum atomic E-state index is 11.1. The van der Waals surface area contributed by atoms with Crippen molar-refractivity contribution >= 4 is 5.69 Å². The molecule has 0 fully saturated rings. The summed E-state index contributed by atoms with van der Waals surface area (Å²) in [5, 5.41) is 0. The second kappa shape index (κ2) is 3.01. The maximum absolute atomic E-state index is 11.1. The Hall–Kier alpha value is -1.58. The monoisotopic (exact) mass is 151 g/mol. The van der Waals surface area contributed by atoms with Crippen molar-refractivity contribution in [1.82, 2.24) is 9.55 Å². The van der Waals surface area contributed by atoms with E-state index in [2.05, 4.69) is 11.6 Å². The summed E-state index contributed by atoms with van der Waals surface area (Å²) in [6.45, 7) is 3.94. The zero-order valence-corrected chi connectivity index (χ0v) is 6.03. The fraction of sp³-hybridized carbons (Fsp3) is 0.143. The van der Waals surface area contributed by atoms with Crippen molar-refractivity contribution in [2.24, 2.45) is 0 Å². The number of hydrogen-bond donors (Lipinski definition) is 1. The van der Waals surface area contributed by atoms with E-state index in [9.17, 15) is 4.79 Å². The molecule has 0 saturated carbocycles. The minimum Gasteiger partial charge on any atom is -0.393 e. The van der Waals surface area contributed by atoms with Crippen LogP contribution in [-0.4, -0.2) is 9.55 Å². The molecule has 0 amide bonds. The molecule has 0 aromatic carbocycles. The molecule has 1 rings (SSSR count). The summed E-state index contributed by atoms with van der Waals surface area (Å²) in [5.41, 5.74) is 5.26. The lowest BCUT2D eigenvalue weighted by Crippen LogP contribution is -2.22. The summed E-state index contributed by atoms with van der Waals surface area (Å²) in [7, 11) is 0. The molecule has 58 valence electrons. The van der Waals surface area contributed by atoms with E-state index in [0.29, 0.717) is 6.54 Å². The zero-order chi connectivity index (χ0) is 8.27. The fourth-order valence-corrected chi connectivity index (χ4v) is 0.737. The molecule has 0 bridgehead atoms. The molecule has 11 heavy (non-hydrogen) atoms. The van der Waals surface area contributed by atoms with Gasteiger partial charge < -0.3 is 5.73 Å². The summed E-state index contributed by atoms with van der Waals surface area (Å²) < 4.78 is 1.39. The molecule has 1 heterocycles. The van der Waals surface area contributed by atoms with Gasteiger partial charge in [0.25, 0.3) is 5.56 Å². The first-order valence-corrected chi connectivity index (χ1v) is 3.16. The molecule has 0 aliphatic rings. The van der Waals surface area contributed by atoms with Gasteiger partial charge >= 0.3 is 0 Å². The van der Waals surface area contributed by atoms with Crippen LogP contribution in [0.15, 0.2) is 30.0 Å². The Morgan fingerprint density at radius 3 is 3.18 bits per heavy atom. The first-order chi connectivity index (χ1) is 5.25. The van der Waals surface area contributed by atoms with Gasteiger partial charge in [0.2, 0.25) is 0 Å². The van der Waals surface area contributed by atoms with E-state index in [1.54, 1.807) is 6.08 Å². The normalized spacial score (nSPS) is 9.45. The Bertz CT molecular complexity index is 316. The van der Waals surface area contributed by atoms with E-state index >= 15 is 0 Å². The Kier molecular flexibility index (Phi) is 2.06. The van der Waals surface area contributed by atoms with Crippen LogP contribution < -0.4 is 11.3 Å². The lowest BCUT2D eigenvalue weighted by molar-refractivity contribution is 0.758. The molecule has 1 aromatic heterocycles. The van der Waals surface area contributed by atoms with Crippen LogP contribution in [0.1, 0.15) is 0 Å². The zero-order valence-electron chi connectivity index (χ0n) is 6.03. The largest absolute Gasteiger partial charge is 0.393 e. The number of nitrogen functional groups attached to an aromatic ring is 1. The molecule has 0 radical (unpaired) electrons. The first kappa shape index (κ1) is 7.53. The van der Waals surface area contributed by atoms with E-state index in [1.807, 2.05) is 0 Å². The molecule has 0 atom stereocenters. The highest BCUT2D eigenvalue weighted by Gasteiger charge is 1.95. The summed E-state index contributed by atoms with van der Waals surface area (Å²) in [5.74, 6) is 0. The summed E-state index contributed by atoms with van der Waals surface area (Å²) in [6, 6.07) is 0. The summed E-state index contributed by atoms with van der Waals surface area (Å²) in [4.78, 5) is 14.9. The quantitative estimate of drug-likeness (QED) is 0.606. The predicted molar refractivity (Wildman–Crippen MR) is 43.1 cm³/mol. The van der Waals surface area contributed by atoms with Crippen molar-refractivity contribution in [2.45, 2.75) is 6.54 Å². The van der Waals surface area contributed by atoms with Gasteiger partial charge in [0, 0.05) is 6.54 Å². The second-order valence-electron chi connectivity index (χ2n) is 2.10. The highest BCUT2D eigenvalue weighted by Crippen LogP contribution is 1.86. The van der Waals surface area contributed by atoms with E-state index in [-0.39, 0.29) is 11.2 Å².